The first-order valence-corrected chi connectivity index (χ1v) is 9.25. The molecule has 0 unspecified atom stereocenters. The third-order valence-electron chi connectivity index (χ3n) is 4.81. The van der Waals surface area contributed by atoms with Crippen LogP contribution in [0.15, 0.2) is 18.3 Å². The predicted octanol–water partition coefficient (Wildman–Crippen LogP) is 3.88. The van der Waals surface area contributed by atoms with Crippen LogP contribution in [-0.4, -0.2) is 38.8 Å². The zero-order chi connectivity index (χ0) is 19.8. The number of imidazole rings is 1. The van der Waals surface area contributed by atoms with Gasteiger partial charge in [-0.3, -0.25) is 4.57 Å². The lowest BCUT2D eigenvalue weighted by Crippen LogP contribution is -2.36. The Bertz CT molecular complexity index is 1000. The molecule has 2 N–H and O–H groups in total. The predicted molar refractivity (Wildman–Crippen MR) is 103 cm³/mol. The van der Waals surface area contributed by atoms with E-state index in [1.54, 1.807) is 17.8 Å². The summed E-state index contributed by atoms with van der Waals surface area (Å²) in [7, 11) is 1.71. The van der Waals surface area contributed by atoms with Crippen LogP contribution in [0.4, 0.5) is 26.4 Å². The van der Waals surface area contributed by atoms with Gasteiger partial charge in [-0.25, -0.2) is 18.7 Å². The van der Waals surface area contributed by atoms with Crippen LogP contribution in [0.3, 0.4) is 0 Å². The van der Waals surface area contributed by atoms with Crippen molar-refractivity contribution in [1.29, 1.82) is 0 Å². The second-order valence-electron chi connectivity index (χ2n) is 6.86. The number of aryl methyl sites for hydroxylation is 1. The highest BCUT2D eigenvalue weighted by Crippen LogP contribution is 2.28. The molecule has 0 bridgehead atoms. The van der Waals surface area contributed by atoms with Crippen molar-refractivity contribution in [3.05, 3.63) is 35.0 Å². The van der Waals surface area contributed by atoms with E-state index in [0.29, 0.717) is 36.2 Å². The fraction of sp³-hybridized carbons (Fsp3) is 0.389. The number of nitrogens with one attached hydrogen (secondary N) is 2. The zero-order valence-corrected chi connectivity index (χ0v) is 16.1. The summed E-state index contributed by atoms with van der Waals surface area (Å²) in [6.07, 6.45) is 2.45. The van der Waals surface area contributed by atoms with Gasteiger partial charge in [-0.1, -0.05) is 18.5 Å². The Morgan fingerprint density at radius 2 is 2.00 bits per heavy atom. The van der Waals surface area contributed by atoms with Gasteiger partial charge in [0.1, 0.15) is 11.2 Å². The molecule has 2 aromatic heterocycles. The van der Waals surface area contributed by atoms with Crippen LogP contribution < -0.4 is 10.6 Å². The average molecular weight is 409 g/mol. The van der Waals surface area contributed by atoms with E-state index < -0.39 is 11.6 Å². The molecule has 3 aromatic rings. The number of hydrogen-bond acceptors (Lipinski definition) is 6. The minimum Gasteiger partial charge on any atom is -0.381 e. The summed E-state index contributed by atoms with van der Waals surface area (Å²) in [6, 6.07) is 2.29. The van der Waals surface area contributed by atoms with Crippen molar-refractivity contribution in [3.8, 4) is 0 Å². The van der Waals surface area contributed by atoms with Crippen molar-refractivity contribution in [3.63, 3.8) is 0 Å². The monoisotopic (exact) mass is 408 g/mol. The van der Waals surface area contributed by atoms with E-state index >= 15 is 0 Å². The van der Waals surface area contributed by atoms with Crippen LogP contribution in [0.5, 0.6) is 0 Å². The maximum atomic E-state index is 14.1. The van der Waals surface area contributed by atoms with Gasteiger partial charge >= 0.3 is 0 Å². The van der Waals surface area contributed by atoms with Crippen LogP contribution >= 0.6 is 11.6 Å². The van der Waals surface area contributed by atoms with Gasteiger partial charge in [0.2, 0.25) is 11.9 Å². The average Bonchev–Trinajstić information content (AvgIpc) is 2.96. The number of rotatable bonds is 4. The van der Waals surface area contributed by atoms with Gasteiger partial charge in [0.15, 0.2) is 17.3 Å². The van der Waals surface area contributed by atoms with Gasteiger partial charge in [0.25, 0.3) is 0 Å². The van der Waals surface area contributed by atoms with Gasteiger partial charge in [0, 0.05) is 24.7 Å². The first kappa shape index (κ1) is 18.8. The Labute approximate surface area is 165 Å². The molecule has 4 rings (SSSR count). The molecular weight excluding hydrogens is 390 g/mol. The SMILES string of the molecule is C[C@H]1COCC[C@H]1Nc1ncc2nc(Nc3c(F)cc(Cl)cc3F)n(C)c2n1. The van der Waals surface area contributed by atoms with Crippen LogP contribution in [0.1, 0.15) is 13.3 Å². The molecule has 1 saturated heterocycles. The third kappa shape index (κ3) is 3.59. The molecule has 0 aliphatic carbocycles. The number of hydrogen-bond donors (Lipinski definition) is 2. The number of halogens is 3. The summed E-state index contributed by atoms with van der Waals surface area (Å²) in [5.74, 6) is -0.559. The van der Waals surface area contributed by atoms with Gasteiger partial charge in [-0.15, -0.1) is 0 Å². The highest BCUT2D eigenvalue weighted by molar-refractivity contribution is 6.30. The highest BCUT2D eigenvalue weighted by Gasteiger charge is 2.23. The Kier molecular flexibility index (Phi) is 5.03. The Morgan fingerprint density at radius 3 is 2.71 bits per heavy atom. The molecule has 148 valence electrons. The minimum atomic E-state index is -0.806. The fourth-order valence-corrected chi connectivity index (χ4v) is 3.39. The molecule has 0 radical (unpaired) electrons. The van der Waals surface area contributed by atoms with Gasteiger partial charge in [0.05, 0.1) is 12.8 Å². The number of aromatic nitrogens is 4. The first-order chi connectivity index (χ1) is 13.4. The largest absolute Gasteiger partial charge is 0.381 e. The van der Waals surface area contributed by atoms with Crippen molar-refractivity contribution < 1.29 is 13.5 Å². The van der Waals surface area contributed by atoms with Crippen LogP contribution in [0.2, 0.25) is 5.02 Å². The number of anilines is 3. The normalized spacial score (nSPS) is 19.8. The summed E-state index contributed by atoms with van der Waals surface area (Å²) >= 11 is 5.67. The molecule has 0 saturated carbocycles. The standard InChI is InChI=1S/C18H19ClF2N6O/c1-9-8-28-4-3-13(9)23-17-22-7-14-16(26-17)27(2)18(24-14)25-15-11(20)5-10(19)6-12(15)21/h5-7,9,13H,3-4,8H2,1-2H3,(H,24,25)(H,22,23,26)/t9-,13+/m0/s1. The van der Waals surface area contributed by atoms with E-state index in [0.717, 1.165) is 18.6 Å². The maximum absolute atomic E-state index is 14.1. The topological polar surface area (TPSA) is 76.9 Å². The van der Waals surface area contributed by atoms with Crippen molar-refractivity contribution in [2.24, 2.45) is 13.0 Å². The second kappa shape index (κ2) is 7.48. The molecular formula is C18H19ClF2N6O. The first-order valence-electron chi connectivity index (χ1n) is 8.87. The zero-order valence-electron chi connectivity index (χ0n) is 15.3. The van der Waals surface area contributed by atoms with E-state index in [-0.39, 0.29) is 22.7 Å². The lowest BCUT2D eigenvalue weighted by molar-refractivity contribution is 0.0536. The van der Waals surface area contributed by atoms with Gasteiger partial charge in [-0.05, 0) is 24.5 Å². The molecule has 28 heavy (non-hydrogen) atoms. The van der Waals surface area contributed by atoms with Crippen molar-refractivity contribution >= 4 is 40.3 Å². The van der Waals surface area contributed by atoms with E-state index in [9.17, 15) is 8.78 Å². The molecule has 2 atom stereocenters. The molecule has 7 nitrogen and oxygen atoms in total. The molecule has 3 heterocycles. The van der Waals surface area contributed by atoms with Crippen LogP contribution in [0, 0.1) is 17.6 Å². The van der Waals surface area contributed by atoms with Crippen LogP contribution in [0.25, 0.3) is 11.2 Å². The number of fused-ring (bicyclic) bond motifs is 1. The summed E-state index contributed by atoms with van der Waals surface area (Å²) in [5.41, 5.74) is 0.713. The van der Waals surface area contributed by atoms with Crippen molar-refractivity contribution in [1.82, 2.24) is 19.5 Å². The highest BCUT2D eigenvalue weighted by atomic mass is 35.5. The lowest BCUT2D eigenvalue weighted by atomic mass is 9.98. The molecule has 1 aromatic carbocycles. The Hall–Kier alpha value is -2.52. The molecule has 1 aliphatic heterocycles. The molecule has 0 amide bonds. The molecule has 0 spiro atoms. The van der Waals surface area contributed by atoms with Gasteiger partial charge < -0.3 is 15.4 Å². The lowest BCUT2D eigenvalue weighted by Gasteiger charge is -2.29. The van der Waals surface area contributed by atoms with E-state index in [1.165, 1.54) is 0 Å². The molecule has 10 heteroatoms. The van der Waals surface area contributed by atoms with Crippen molar-refractivity contribution in [2.45, 2.75) is 19.4 Å². The summed E-state index contributed by atoms with van der Waals surface area (Å²) in [4.78, 5) is 13.2. The van der Waals surface area contributed by atoms with E-state index in [2.05, 4.69) is 32.5 Å². The third-order valence-corrected chi connectivity index (χ3v) is 5.03. The number of ether oxygens (including phenoxy) is 1. The molecule has 1 aliphatic rings. The van der Waals surface area contributed by atoms with Crippen molar-refractivity contribution in [2.75, 3.05) is 23.8 Å². The smallest absolute Gasteiger partial charge is 0.224 e. The Balaban J connectivity index is 1.62. The maximum Gasteiger partial charge on any atom is 0.224 e. The molecule has 1 fully saturated rings. The minimum absolute atomic E-state index is 0.0190. The van der Waals surface area contributed by atoms with E-state index in [4.69, 9.17) is 16.3 Å². The fourth-order valence-electron chi connectivity index (χ4n) is 3.20. The second-order valence-corrected chi connectivity index (χ2v) is 7.29. The summed E-state index contributed by atoms with van der Waals surface area (Å²) in [6.45, 7) is 3.50. The quantitative estimate of drug-likeness (QED) is 0.682. The Morgan fingerprint density at radius 1 is 1.25 bits per heavy atom. The van der Waals surface area contributed by atoms with Gasteiger partial charge in [-0.2, -0.15) is 4.98 Å². The number of nitrogens with zero attached hydrogens (tertiary/aromatic N) is 4. The summed E-state index contributed by atoms with van der Waals surface area (Å²) < 4.78 is 35.2. The van der Waals surface area contributed by atoms with Crippen LogP contribution in [-0.2, 0) is 11.8 Å². The summed E-state index contributed by atoms with van der Waals surface area (Å²) in [5, 5.41) is 5.99. The number of benzene rings is 1. The van der Waals surface area contributed by atoms with E-state index in [1.807, 2.05) is 0 Å².